The molecule has 1 aliphatic rings. The molecule has 0 aromatic heterocycles. The number of amides is 1. The van der Waals surface area contributed by atoms with Crippen LogP contribution >= 0.6 is 0 Å². The normalized spacial score (nSPS) is 18.2. The molecule has 82 valence electrons. The maximum absolute atomic E-state index is 11.6. The molecular weight excluding hydrogens is 202 g/mol. The second-order valence-corrected chi connectivity index (χ2v) is 3.82. The fraction of sp³-hybridized carbons (Fsp3) is 0.333. The minimum Gasteiger partial charge on any atom is -0.285 e. The Labute approximate surface area is 94.7 Å². The lowest BCUT2D eigenvalue weighted by molar-refractivity contribution is -0.131. The summed E-state index contributed by atoms with van der Waals surface area (Å²) in [5.74, 6) is -0.0426. The van der Waals surface area contributed by atoms with Gasteiger partial charge in [-0.2, -0.15) is 5.26 Å². The molecule has 1 heterocycles. The number of carbonyl (C=O) groups is 1. The fourth-order valence-electron chi connectivity index (χ4n) is 2.23. The standard InChI is InChI=1S/C12H13N3O/c1-9(16)15-12(7-8-13)10-5-3-4-6-11(10)14(15)2/h3-6,12H,7H2,1-2H3/t12-/m0/s1. The van der Waals surface area contributed by atoms with Gasteiger partial charge in [0.1, 0.15) is 0 Å². The smallest absolute Gasteiger partial charge is 0.238 e. The molecule has 16 heavy (non-hydrogen) atoms. The van der Waals surface area contributed by atoms with E-state index < -0.39 is 0 Å². The summed E-state index contributed by atoms with van der Waals surface area (Å²) in [6.07, 6.45) is 0.320. The quantitative estimate of drug-likeness (QED) is 0.718. The highest BCUT2D eigenvalue weighted by Crippen LogP contribution is 2.40. The highest BCUT2D eigenvalue weighted by atomic mass is 16.2. The summed E-state index contributed by atoms with van der Waals surface area (Å²) < 4.78 is 0. The minimum absolute atomic E-state index is 0.0426. The van der Waals surface area contributed by atoms with E-state index in [2.05, 4.69) is 6.07 Å². The van der Waals surface area contributed by atoms with Gasteiger partial charge >= 0.3 is 0 Å². The number of rotatable bonds is 1. The van der Waals surface area contributed by atoms with Crippen LogP contribution in [0.4, 0.5) is 5.69 Å². The Balaban J connectivity index is 2.48. The van der Waals surface area contributed by atoms with Crippen molar-refractivity contribution >= 4 is 11.6 Å². The van der Waals surface area contributed by atoms with E-state index in [1.54, 1.807) is 5.01 Å². The molecule has 0 aliphatic carbocycles. The number of carbonyl (C=O) groups excluding carboxylic acids is 1. The van der Waals surface area contributed by atoms with Crippen LogP contribution in [-0.4, -0.2) is 18.0 Å². The van der Waals surface area contributed by atoms with E-state index >= 15 is 0 Å². The average Bonchev–Trinajstić information content (AvgIpc) is 2.54. The molecule has 2 rings (SSSR count). The third-order valence-corrected chi connectivity index (χ3v) is 2.87. The zero-order valence-corrected chi connectivity index (χ0v) is 9.34. The molecule has 1 aliphatic heterocycles. The van der Waals surface area contributed by atoms with Crippen LogP contribution in [0.25, 0.3) is 0 Å². The molecule has 0 unspecified atom stereocenters. The van der Waals surface area contributed by atoms with E-state index in [1.807, 2.05) is 36.3 Å². The summed E-state index contributed by atoms with van der Waals surface area (Å²) in [4.78, 5) is 11.6. The second kappa shape index (κ2) is 3.86. The third-order valence-electron chi connectivity index (χ3n) is 2.87. The molecule has 0 spiro atoms. The highest BCUT2D eigenvalue weighted by molar-refractivity contribution is 5.79. The van der Waals surface area contributed by atoms with Gasteiger partial charge in [-0.05, 0) is 6.07 Å². The van der Waals surface area contributed by atoms with Crippen molar-refractivity contribution in [3.63, 3.8) is 0 Å². The van der Waals surface area contributed by atoms with Crippen LogP contribution in [-0.2, 0) is 4.79 Å². The zero-order valence-electron chi connectivity index (χ0n) is 9.34. The molecule has 0 fully saturated rings. The predicted octanol–water partition coefficient (Wildman–Crippen LogP) is 1.85. The second-order valence-electron chi connectivity index (χ2n) is 3.82. The maximum atomic E-state index is 11.6. The zero-order chi connectivity index (χ0) is 11.7. The average molecular weight is 215 g/mol. The molecule has 1 atom stereocenters. The molecule has 4 nitrogen and oxygen atoms in total. The van der Waals surface area contributed by atoms with Gasteiger partial charge in [0.15, 0.2) is 0 Å². The van der Waals surface area contributed by atoms with E-state index in [0.29, 0.717) is 6.42 Å². The summed E-state index contributed by atoms with van der Waals surface area (Å²) in [6, 6.07) is 9.78. The van der Waals surface area contributed by atoms with Crippen molar-refractivity contribution in [2.45, 2.75) is 19.4 Å². The number of hydrogen-bond donors (Lipinski definition) is 0. The van der Waals surface area contributed by atoms with Crippen LogP contribution in [0.1, 0.15) is 24.9 Å². The first-order valence-corrected chi connectivity index (χ1v) is 5.16. The van der Waals surface area contributed by atoms with E-state index in [0.717, 1.165) is 11.3 Å². The largest absolute Gasteiger partial charge is 0.285 e. The summed E-state index contributed by atoms with van der Waals surface area (Å²) in [6.45, 7) is 1.52. The number of nitriles is 1. The van der Waals surface area contributed by atoms with Crippen LogP contribution in [0.3, 0.4) is 0 Å². The van der Waals surface area contributed by atoms with Gasteiger partial charge in [-0.1, -0.05) is 18.2 Å². The Morgan fingerprint density at radius 2 is 2.19 bits per heavy atom. The summed E-state index contributed by atoms with van der Waals surface area (Å²) in [7, 11) is 1.84. The lowest BCUT2D eigenvalue weighted by Gasteiger charge is -2.29. The molecule has 1 amide bonds. The molecule has 0 saturated heterocycles. The number of para-hydroxylation sites is 1. The number of benzene rings is 1. The van der Waals surface area contributed by atoms with Crippen LogP contribution < -0.4 is 5.01 Å². The number of nitrogens with zero attached hydrogens (tertiary/aromatic N) is 3. The number of fused-ring (bicyclic) bond motifs is 1. The van der Waals surface area contributed by atoms with Crippen LogP contribution in [0.2, 0.25) is 0 Å². The monoisotopic (exact) mass is 215 g/mol. The van der Waals surface area contributed by atoms with Crippen molar-refractivity contribution in [1.82, 2.24) is 5.01 Å². The Morgan fingerprint density at radius 1 is 1.50 bits per heavy atom. The Morgan fingerprint density at radius 3 is 2.81 bits per heavy atom. The number of hydrazine groups is 1. The SMILES string of the molecule is CC(=O)N1[C@@H](CC#N)c2ccccc2N1C. The highest BCUT2D eigenvalue weighted by Gasteiger charge is 2.35. The van der Waals surface area contributed by atoms with Crippen molar-refractivity contribution in [3.8, 4) is 6.07 Å². The first-order chi connectivity index (χ1) is 7.66. The molecule has 4 heteroatoms. The maximum Gasteiger partial charge on any atom is 0.238 e. The summed E-state index contributed by atoms with van der Waals surface area (Å²) in [5.41, 5.74) is 2.04. The van der Waals surface area contributed by atoms with Gasteiger partial charge in [-0.15, -0.1) is 0 Å². The molecule has 1 aromatic rings. The van der Waals surface area contributed by atoms with Gasteiger partial charge in [-0.25, -0.2) is 5.01 Å². The summed E-state index contributed by atoms with van der Waals surface area (Å²) in [5, 5.41) is 12.3. The van der Waals surface area contributed by atoms with E-state index in [4.69, 9.17) is 5.26 Å². The van der Waals surface area contributed by atoms with Crippen molar-refractivity contribution in [1.29, 1.82) is 5.26 Å². The first kappa shape index (κ1) is 10.5. The van der Waals surface area contributed by atoms with Crippen molar-refractivity contribution in [3.05, 3.63) is 29.8 Å². The Hall–Kier alpha value is -2.02. The van der Waals surface area contributed by atoms with E-state index in [1.165, 1.54) is 6.92 Å². The molecule has 1 aromatic carbocycles. The summed E-state index contributed by atoms with van der Waals surface area (Å²) >= 11 is 0. The van der Waals surface area contributed by atoms with Crippen LogP contribution in [0, 0.1) is 11.3 Å². The topological polar surface area (TPSA) is 47.3 Å². The first-order valence-electron chi connectivity index (χ1n) is 5.16. The number of hydrogen-bond acceptors (Lipinski definition) is 3. The lowest BCUT2D eigenvalue weighted by atomic mass is 10.0. The van der Waals surface area contributed by atoms with Gasteiger partial charge < -0.3 is 0 Å². The van der Waals surface area contributed by atoms with Crippen LogP contribution in [0.15, 0.2) is 24.3 Å². The lowest BCUT2D eigenvalue weighted by Crippen LogP contribution is -2.40. The number of anilines is 1. The molecule has 0 radical (unpaired) electrons. The van der Waals surface area contributed by atoms with E-state index in [9.17, 15) is 4.79 Å². The molecule has 0 saturated carbocycles. The predicted molar refractivity (Wildman–Crippen MR) is 60.3 cm³/mol. The van der Waals surface area contributed by atoms with Gasteiger partial charge in [0.05, 0.1) is 24.2 Å². The Bertz CT molecular complexity index is 464. The molecular formula is C12H13N3O. The van der Waals surface area contributed by atoms with Gasteiger partial charge in [0.25, 0.3) is 0 Å². The van der Waals surface area contributed by atoms with Crippen molar-refractivity contribution in [2.24, 2.45) is 0 Å². The molecule has 0 bridgehead atoms. The minimum atomic E-state index is -0.149. The van der Waals surface area contributed by atoms with Gasteiger partial charge in [0.2, 0.25) is 5.91 Å². The van der Waals surface area contributed by atoms with E-state index in [-0.39, 0.29) is 11.9 Å². The van der Waals surface area contributed by atoms with Crippen LogP contribution in [0.5, 0.6) is 0 Å². The van der Waals surface area contributed by atoms with Gasteiger partial charge in [-0.3, -0.25) is 9.80 Å². The fourth-order valence-corrected chi connectivity index (χ4v) is 2.23. The molecule has 0 N–H and O–H groups in total. The van der Waals surface area contributed by atoms with Crippen molar-refractivity contribution < 1.29 is 4.79 Å². The van der Waals surface area contributed by atoms with Gasteiger partial charge in [0, 0.05) is 19.5 Å². The Kier molecular flexibility index (Phi) is 2.53. The third kappa shape index (κ3) is 1.41. The van der Waals surface area contributed by atoms with Crippen molar-refractivity contribution in [2.75, 3.05) is 12.1 Å².